The number of anilines is 1. The van der Waals surface area contributed by atoms with Crippen LogP contribution in [0.15, 0.2) is 12.1 Å². The molecule has 0 bridgehead atoms. The summed E-state index contributed by atoms with van der Waals surface area (Å²) in [5.74, 6) is 0.168. The molecule has 0 aliphatic carbocycles. The van der Waals surface area contributed by atoms with Gasteiger partial charge in [0.25, 0.3) is 0 Å². The molecule has 1 saturated heterocycles. The second kappa shape index (κ2) is 11.3. The average Bonchev–Trinajstić information content (AvgIpc) is 3.08. The van der Waals surface area contributed by atoms with E-state index in [1.165, 1.54) is 0 Å². The van der Waals surface area contributed by atoms with Crippen LogP contribution >= 0.6 is 35.3 Å². The van der Waals surface area contributed by atoms with Crippen molar-refractivity contribution in [2.24, 2.45) is 0 Å². The van der Waals surface area contributed by atoms with Crippen molar-refractivity contribution in [3.8, 4) is 0 Å². The van der Waals surface area contributed by atoms with Gasteiger partial charge < -0.3 is 4.74 Å². The molecule has 8 heteroatoms. The maximum atomic E-state index is 12.8. The number of fused-ring (bicyclic) bond motifs is 1. The van der Waals surface area contributed by atoms with Crippen LogP contribution in [-0.4, -0.2) is 55.2 Å². The Labute approximate surface area is 182 Å². The van der Waals surface area contributed by atoms with Gasteiger partial charge in [0.05, 0.1) is 23.4 Å². The zero-order valence-corrected chi connectivity index (χ0v) is 19.0. The molecule has 0 N–H and O–H groups in total. The number of unbranched alkanes of at least 4 members (excludes halogenated alkanes) is 1. The van der Waals surface area contributed by atoms with Gasteiger partial charge >= 0.3 is 0 Å². The minimum atomic E-state index is 0. The summed E-state index contributed by atoms with van der Waals surface area (Å²) in [7, 11) is 0. The number of carbonyl (C=O) groups is 1. The van der Waals surface area contributed by atoms with Crippen LogP contribution in [0.5, 0.6) is 0 Å². The van der Waals surface area contributed by atoms with E-state index in [-0.39, 0.29) is 18.3 Å². The van der Waals surface area contributed by atoms with Crippen LogP contribution in [0.1, 0.15) is 38.2 Å². The van der Waals surface area contributed by atoms with Gasteiger partial charge in [-0.15, -0.1) is 12.4 Å². The Morgan fingerprint density at radius 3 is 2.79 bits per heavy atom. The lowest BCUT2D eigenvalue weighted by Gasteiger charge is -2.27. The summed E-state index contributed by atoms with van der Waals surface area (Å²) in [4.78, 5) is 21.9. The molecule has 1 fully saturated rings. The number of nitrogens with zero attached hydrogens (tertiary/aromatic N) is 3. The van der Waals surface area contributed by atoms with E-state index >= 15 is 0 Å². The first-order chi connectivity index (χ1) is 13.1. The normalized spacial score (nSPS) is 14.8. The molecule has 1 aliphatic heterocycles. The van der Waals surface area contributed by atoms with Gasteiger partial charge in [0.2, 0.25) is 5.91 Å². The van der Waals surface area contributed by atoms with Crippen molar-refractivity contribution in [3.63, 3.8) is 0 Å². The number of rotatable bonds is 8. The minimum absolute atomic E-state index is 0. The molecule has 5 nitrogen and oxygen atoms in total. The molecular formula is C20H29Cl2N3O2S. The van der Waals surface area contributed by atoms with E-state index < -0.39 is 0 Å². The van der Waals surface area contributed by atoms with Crippen molar-refractivity contribution < 1.29 is 9.53 Å². The molecular weight excluding hydrogens is 417 g/mol. The number of hydrogen-bond donors (Lipinski definition) is 0. The smallest absolute Gasteiger partial charge is 0.228 e. The molecule has 1 aliphatic rings. The van der Waals surface area contributed by atoms with Crippen LogP contribution < -0.4 is 4.90 Å². The lowest BCUT2D eigenvalue weighted by atomic mass is 10.2. The highest BCUT2D eigenvalue weighted by Crippen LogP contribution is 2.33. The molecule has 28 heavy (non-hydrogen) atoms. The second-order valence-electron chi connectivity index (χ2n) is 7.02. The number of thiazole rings is 1. The maximum Gasteiger partial charge on any atom is 0.228 e. The van der Waals surface area contributed by atoms with E-state index in [1.807, 2.05) is 24.0 Å². The molecule has 0 radical (unpaired) electrons. The third kappa shape index (κ3) is 6.04. The van der Waals surface area contributed by atoms with Crippen molar-refractivity contribution in [2.45, 2.75) is 39.5 Å². The zero-order chi connectivity index (χ0) is 19.2. The molecule has 0 spiro atoms. The molecule has 2 aromatic rings. The Bertz CT molecular complexity index is 778. The molecule has 1 amide bonds. The fourth-order valence-electron chi connectivity index (χ4n) is 3.33. The number of hydrogen-bond acceptors (Lipinski definition) is 5. The quantitative estimate of drug-likeness (QED) is 0.577. The summed E-state index contributed by atoms with van der Waals surface area (Å²) < 4.78 is 6.45. The summed E-state index contributed by atoms with van der Waals surface area (Å²) >= 11 is 7.75. The number of aromatic nitrogens is 1. The summed E-state index contributed by atoms with van der Waals surface area (Å²) in [6, 6.07) is 3.86. The van der Waals surface area contributed by atoms with Gasteiger partial charge in [-0.05, 0) is 37.5 Å². The summed E-state index contributed by atoms with van der Waals surface area (Å²) in [6.07, 6.45) is 3.44. The summed E-state index contributed by atoms with van der Waals surface area (Å²) in [5.41, 5.74) is 2.00. The summed E-state index contributed by atoms with van der Waals surface area (Å²) in [6.45, 7) is 9.36. The monoisotopic (exact) mass is 445 g/mol. The molecule has 3 rings (SSSR count). The third-order valence-electron chi connectivity index (χ3n) is 4.87. The highest BCUT2D eigenvalue weighted by atomic mass is 35.5. The predicted octanol–water partition coefficient (Wildman–Crippen LogP) is 4.93. The number of aryl methyl sites for hydroxylation is 1. The van der Waals surface area contributed by atoms with Crippen LogP contribution in [0.4, 0.5) is 5.13 Å². The fraction of sp³-hybridized carbons (Fsp3) is 0.600. The van der Waals surface area contributed by atoms with E-state index in [2.05, 4.69) is 11.8 Å². The van der Waals surface area contributed by atoms with Crippen LogP contribution in [0.25, 0.3) is 10.2 Å². The Morgan fingerprint density at radius 1 is 1.32 bits per heavy atom. The zero-order valence-electron chi connectivity index (χ0n) is 16.6. The van der Waals surface area contributed by atoms with Crippen molar-refractivity contribution >= 4 is 56.6 Å². The van der Waals surface area contributed by atoms with Crippen LogP contribution in [0.2, 0.25) is 5.02 Å². The largest absolute Gasteiger partial charge is 0.379 e. The van der Waals surface area contributed by atoms with Gasteiger partial charge in [0, 0.05) is 37.6 Å². The number of halogens is 2. The van der Waals surface area contributed by atoms with Crippen LogP contribution in [0.3, 0.4) is 0 Å². The molecule has 0 saturated carbocycles. The van der Waals surface area contributed by atoms with Crippen molar-refractivity contribution in [1.82, 2.24) is 9.88 Å². The number of amides is 1. The lowest BCUT2D eigenvalue weighted by molar-refractivity contribution is -0.118. The molecule has 156 valence electrons. The van der Waals surface area contributed by atoms with E-state index in [1.54, 1.807) is 11.3 Å². The number of ether oxygens (including phenoxy) is 1. The topological polar surface area (TPSA) is 45.7 Å². The molecule has 1 aromatic carbocycles. The van der Waals surface area contributed by atoms with E-state index in [0.717, 1.165) is 73.0 Å². The van der Waals surface area contributed by atoms with E-state index in [9.17, 15) is 4.79 Å². The van der Waals surface area contributed by atoms with Gasteiger partial charge in [-0.25, -0.2) is 4.98 Å². The Balaban J connectivity index is 0.00000280. The van der Waals surface area contributed by atoms with Crippen molar-refractivity contribution in [3.05, 3.63) is 22.7 Å². The third-order valence-corrected chi connectivity index (χ3v) is 6.12. The van der Waals surface area contributed by atoms with Gasteiger partial charge in [-0.2, -0.15) is 0 Å². The number of carbonyl (C=O) groups excluding carboxylic acids is 1. The SMILES string of the molecule is CCCCC(=O)N(CCCN1CCOCC1)c1nc2c(C)cc(Cl)cc2s1.Cl. The maximum absolute atomic E-state index is 12.8. The van der Waals surface area contributed by atoms with Crippen molar-refractivity contribution in [1.29, 1.82) is 0 Å². The fourth-order valence-corrected chi connectivity index (χ4v) is 4.79. The van der Waals surface area contributed by atoms with Crippen molar-refractivity contribution in [2.75, 3.05) is 44.3 Å². The van der Waals surface area contributed by atoms with E-state index in [4.69, 9.17) is 21.3 Å². The van der Waals surface area contributed by atoms with Crippen LogP contribution in [0, 0.1) is 6.92 Å². The second-order valence-corrected chi connectivity index (χ2v) is 8.47. The van der Waals surface area contributed by atoms with Gasteiger partial charge in [-0.1, -0.05) is 36.3 Å². The molecule has 2 heterocycles. The van der Waals surface area contributed by atoms with Gasteiger partial charge in [0.1, 0.15) is 0 Å². The van der Waals surface area contributed by atoms with Gasteiger partial charge in [-0.3, -0.25) is 14.6 Å². The number of morpholine rings is 1. The molecule has 0 unspecified atom stereocenters. The molecule has 1 aromatic heterocycles. The highest BCUT2D eigenvalue weighted by molar-refractivity contribution is 7.22. The highest BCUT2D eigenvalue weighted by Gasteiger charge is 2.20. The standard InChI is InChI=1S/C20H28ClN3O2S.ClH/c1-3-4-6-18(25)24(8-5-7-23-9-11-26-12-10-23)20-22-19-15(2)13-16(21)14-17(19)27-20;/h13-14H,3-12H2,1-2H3;1H. The lowest BCUT2D eigenvalue weighted by Crippen LogP contribution is -2.39. The average molecular weight is 446 g/mol. The van der Waals surface area contributed by atoms with E-state index in [0.29, 0.717) is 18.0 Å². The number of benzene rings is 1. The molecule has 0 atom stereocenters. The predicted molar refractivity (Wildman–Crippen MR) is 120 cm³/mol. The first-order valence-corrected chi connectivity index (χ1v) is 10.9. The first-order valence-electron chi connectivity index (χ1n) is 9.75. The Morgan fingerprint density at radius 2 is 2.07 bits per heavy atom. The first kappa shape index (κ1) is 23.4. The van der Waals surface area contributed by atoms with Gasteiger partial charge in [0.15, 0.2) is 5.13 Å². The Hall–Kier alpha value is -0.920. The summed E-state index contributed by atoms with van der Waals surface area (Å²) in [5, 5.41) is 1.50. The minimum Gasteiger partial charge on any atom is -0.379 e. The Kier molecular flexibility index (Phi) is 9.44. The van der Waals surface area contributed by atoms with Crippen LogP contribution in [-0.2, 0) is 9.53 Å².